The maximum atomic E-state index is 12.1. The highest BCUT2D eigenvalue weighted by Crippen LogP contribution is 2.27. The largest absolute Gasteiger partial charge is 0.465 e. The summed E-state index contributed by atoms with van der Waals surface area (Å²) in [5.74, 6) is 0.556. The Kier molecular flexibility index (Phi) is 5.08. The van der Waals surface area contributed by atoms with Crippen molar-refractivity contribution in [3.8, 4) is 0 Å². The molecule has 2 amide bonds. The quantitative estimate of drug-likeness (QED) is 0.848. The van der Waals surface area contributed by atoms with Crippen LogP contribution in [0.3, 0.4) is 0 Å². The van der Waals surface area contributed by atoms with E-state index >= 15 is 0 Å². The van der Waals surface area contributed by atoms with Crippen molar-refractivity contribution in [2.75, 3.05) is 19.6 Å². The first-order chi connectivity index (χ1) is 10.2. The maximum Gasteiger partial charge on any atom is 0.407 e. The second kappa shape index (κ2) is 6.67. The molecule has 1 aliphatic carbocycles. The topological polar surface area (TPSA) is 73.2 Å². The normalized spacial score (nSPS) is 19.7. The summed E-state index contributed by atoms with van der Waals surface area (Å²) in [5, 5.41) is 15.3. The van der Waals surface area contributed by atoms with Gasteiger partial charge in [-0.25, -0.2) is 9.80 Å². The minimum absolute atomic E-state index is 0.00278. The molecule has 1 fully saturated rings. The zero-order chi connectivity index (χ0) is 16.3. The fraction of sp³-hybridized carbons (Fsp3) is 0.812. The van der Waals surface area contributed by atoms with E-state index in [0.29, 0.717) is 24.7 Å². The first-order valence-electron chi connectivity index (χ1n) is 8.09. The number of carboxylic acid groups (broad SMARTS) is 1. The van der Waals surface area contributed by atoms with Crippen LogP contribution in [0.1, 0.15) is 52.9 Å². The Bertz CT molecular complexity index is 462. The summed E-state index contributed by atoms with van der Waals surface area (Å²) in [4.78, 5) is 24.8. The fourth-order valence-corrected chi connectivity index (χ4v) is 3.18. The van der Waals surface area contributed by atoms with Gasteiger partial charge >= 0.3 is 6.09 Å². The molecule has 1 heterocycles. The van der Waals surface area contributed by atoms with Crippen LogP contribution in [0.5, 0.6) is 0 Å². The van der Waals surface area contributed by atoms with E-state index in [0.717, 1.165) is 0 Å². The molecule has 1 saturated carbocycles. The van der Waals surface area contributed by atoms with Gasteiger partial charge in [0.15, 0.2) is 0 Å². The molecule has 6 nitrogen and oxygen atoms in total. The molecule has 0 aromatic rings. The first kappa shape index (κ1) is 16.8. The van der Waals surface area contributed by atoms with Gasteiger partial charge in [-0.15, -0.1) is 0 Å². The van der Waals surface area contributed by atoms with Crippen LogP contribution in [-0.2, 0) is 4.79 Å². The van der Waals surface area contributed by atoms with E-state index in [4.69, 9.17) is 0 Å². The highest BCUT2D eigenvalue weighted by Gasteiger charge is 2.30. The van der Waals surface area contributed by atoms with E-state index in [1.54, 1.807) is 5.01 Å². The number of carbonyl (C=O) groups is 2. The van der Waals surface area contributed by atoms with Crippen LogP contribution in [0.4, 0.5) is 4.79 Å². The molecule has 0 aromatic heterocycles. The van der Waals surface area contributed by atoms with Crippen molar-refractivity contribution in [3.05, 3.63) is 0 Å². The zero-order valence-corrected chi connectivity index (χ0v) is 13.8. The van der Waals surface area contributed by atoms with Gasteiger partial charge in [0.25, 0.3) is 0 Å². The summed E-state index contributed by atoms with van der Waals surface area (Å²) in [5.41, 5.74) is 0.542. The Balaban J connectivity index is 1.95. The molecule has 0 atom stereocenters. The van der Waals surface area contributed by atoms with Crippen molar-refractivity contribution in [2.45, 2.75) is 52.9 Å². The molecule has 6 heteroatoms. The SMILES string of the molecule is CC(C)(C)CN(CC1=NN(CC2CCCC2)C(=O)C1)C(=O)O. The van der Waals surface area contributed by atoms with E-state index in [1.165, 1.54) is 30.6 Å². The average Bonchev–Trinajstić information content (AvgIpc) is 2.98. The minimum atomic E-state index is -0.959. The van der Waals surface area contributed by atoms with Crippen LogP contribution in [0, 0.1) is 11.3 Å². The van der Waals surface area contributed by atoms with Gasteiger partial charge in [-0.1, -0.05) is 33.6 Å². The predicted molar refractivity (Wildman–Crippen MR) is 84.8 cm³/mol. The van der Waals surface area contributed by atoms with Gasteiger partial charge in [-0.3, -0.25) is 4.79 Å². The van der Waals surface area contributed by atoms with Crippen LogP contribution in [0.25, 0.3) is 0 Å². The van der Waals surface area contributed by atoms with Crippen molar-refractivity contribution in [1.82, 2.24) is 9.91 Å². The van der Waals surface area contributed by atoms with Crippen LogP contribution in [0.15, 0.2) is 5.10 Å². The fourth-order valence-electron chi connectivity index (χ4n) is 3.18. The van der Waals surface area contributed by atoms with Crippen LogP contribution >= 0.6 is 0 Å². The van der Waals surface area contributed by atoms with Crippen molar-refractivity contribution in [2.24, 2.45) is 16.4 Å². The maximum absolute atomic E-state index is 12.1. The number of hydrazone groups is 1. The molecule has 0 aromatic carbocycles. The van der Waals surface area contributed by atoms with E-state index in [-0.39, 0.29) is 24.3 Å². The van der Waals surface area contributed by atoms with Gasteiger partial charge in [-0.2, -0.15) is 5.10 Å². The molecule has 1 aliphatic heterocycles. The standard InChI is InChI=1S/C16H27N3O3/c1-16(2,3)11-18(15(21)22)10-13-8-14(20)19(17-13)9-12-6-4-5-7-12/h12H,4-11H2,1-3H3,(H,21,22). The highest BCUT2D eigenvalue weighted by molar-refractivity contribution is 6.06. The molecular formula is C16H27N3O3. The van der Waals surface area contributed by atoms with Gasteiger partial charge in [0, 0.05) is 13.1 Å². The summed E-state index contributed by atoms with van der Waals surface area (Å²) in [6.45, 7) is 7.33. The predicted octanol–water partition coefficient (Wildman–Crippen LogP) is 2.79. The molecule has 0 bridgehead atoms. The lowest BCUT2D eigenvalue weighted by atomic mass is 9.96. The third-order valence-corrected chi connectivity index (χ3v) is 4.12. The van der Waals surface area contributed by atoms with Crippen molar-refractivity contribution >= 4 is 17.7 Å². The van der Waals surface area contributed by atoms with Gasteiger partial charge in [0.2, 0.25) is 5.91 Å². The number of amides is 2. The summed E-state index contributed by atoms with van der Waals surface area (Å²) < 4.78 is 0. The Morgan fingerprint density at radius 3 is 2.55 bits per heavy atom. The third-order valence-electron chi connectivity index (χ3n) is 4.12. The van der Waals surface area contributed by atoms with E-state index in [9.17, 15) is 14.7 Å². The zero-order valence-electron chi connectivity index (χ0n) is 13.8. The van der Waals surface area contributed by atoms with E-state index < -0.39 is 6.09 Å². The summed E-state index contributed by atoms with van der Waals surface area (Å²) in [6.07, 6.45) is 4.10. The molecule has 2 aliphatic rings. The lowest BCUT2D eigenvalue weighted by Crippen LogP contribution is -2.40. The molecular weight excluding hydrogens is 282 g/mol. The lowest BCUT2D eigenvalue weighted by molar-refractivity contribution is -0.129. The number of nitrogens with zero attached hydrogens (tertiary/aromatic N) is 3. The van der Waals surface area contributed by atoms with Crippen molar-refractivity contribution in [3.63, 3.8) is 0 Å². The van der Waals surface area contributed by atoms with Crippen LogP contribution in [-0.4, -0.2) is 52.4 Å². The highest BCUT2D eigenvalue weighted by atomic mass is 16.4. The molecule has 124 valence electrons. The Labute approximate surface area is 132 Å². The van der Waals surface area contributed by atoms with Gasteiger partial charge < -0.3 is 10.0 Å². The number of hydrogen-bond donors (Lipinski definition) is 1. The van der Waals surface area contributed by atoms with Gasteiger partial charge in [0.1, 0.15) is 0 Å². The van der Waals surface area contributed by atoms with E-state index in [2.05, 4.69) is 5.10 Å². The molecule has 0 saturated heterocycles. The van der Waals surface area contributed by atoms with Gasteiger partial charge in [0.05, 0.1) is 18.7 Å². The molecule has 0 spiro atoms. The first-order valence-corrected chi connectivity index (χ1v) is 8.09. The Hall–Kier alpha value is -1.59. The average molecular weight is 309 g/mol. The molecule has 0 radical (unpaired) electrons. The molecule has 22 heavy (non-hydrogen) atoms. The number of carbonyl (C=O) groups excluding carboxylic acids is 1. The second-order valence-electron chi connectivity index (χ2n) is 7.67. The molecule has 1 N–H and O–H groups in total. The minimum Gasteiger partial charge on any atom is -0.465 e. The summed E-state index contributed by atoms with van der Waals surface area (Å²) >= 11 is 0. The Morgan fingerprint density at radius 1 is 1.36 bits per heavy atom. The lowest BCUT2D eigenvalue weighted by Gasteiger charge is -2.27. The van der Waals surface area contributed by atoms with Crippen LogP contribution < -0.4 is 0 Å². The third kappa shape index (κ3) is 4.71. The summed E-state index contributed by atoms with van der Waals surface area (Å²) in [6, 6.07) is 0. The monoisotopic (exact) mass is 309 g/mol. The molecule has 0 unspecified atom stereocenters. The number of rotatable bonds is 5. The Morgan fingerprint density at radius 2 is 2.00 bits per heavy atom. The van der Waals surface area contributed by atoms with Crippen molar-refractivity contribution in [1.29, 1.82) is 0 Å². The van der Waals surface area contributed by atoms with Gasteiger partial charge in [-0.05, 0) is 24.2 Å². The van der Waals surface area contributed by atoms with Crippen LogP contribution in [0.2, 0.25) is 0 Å². The second-order valence-corrected chi connectivity index (χ2v) is 7.67. The number of hydrogen-bond acceptors (Lipinski definition) is 3. The summed E-state index contributed by atoms with van der Waals surface area (Å²) in [7, 11) is 0. The van der Waals surface area contributed by atoms with Crippen molar-refractivity contribution < 1.29 is 14.7 Å². The molecule has 2 rings (SSSR count). The van der Waals surface area contributed by atoms with E-state index in [1.807, 2.05) is 20.8 Å². The smallest absolute Gasteiger partial charge is 0.407 e.